The molecule has 1 aliphatic heterocycles. The fourth-order valence-electron chi connectivity index (χ4n) is 3.40. The van der Waals surface area contributed by atoms with E-state index in [0.717, 1.165) is 40.1 Å². The third-order valence-corrected chi connectivity index (χ3v) is 5.58. The zero-order valence-corrected chi connectivity index (χ0v) is 15.3. The van der Waals surface area contributed by atoms with Gasteiger partial charge >= 0.3 is 0 Å². The van der Waals surface area contributed by atoms with Gasteiger partial charge in [0.2, 0.25) is 5.91 Å². The standard InChI is InChI=1S/C19H20N4O2S/c1-25-10-15-21-18(23-8-7-13(9-23)17(20)24)16-14(11-26-19(16)22-15)12-5-3-2-4-6-12/h2-6,11,13H,7-10H2,1H3,(H2,20,24). The smallest absolute Gasteiger partial charge is 0.222 e. The summed E-state index contributed by atoms with van der Waals surface area (Å²) >= 11 is 1.60. The molecule has 0 bridgehead atoms. The molecule has 1 unspecified atom stereocenters. The zero-order valence-electron chi connectivity index (χ0n) is 14.5. The van der Waals surface area contributed by atoms with Crippen molar-refractivity contribution in [1.29, 1.82) is 0 Å². The molecule has 1 fully saturated rings. The van der Waals surface area contributed by atoms with Crippen LogP contribution in [0.25, 0.3) is 21.3 Å². The molecule has 0 aliphatic carbocycles. The van der Waals surface area contributed by atoms with Crippen LogP contribution in [0.5, 0.6) is 0 Å². The number of hydrogen-bond donors (Lipinski definition) is 1. The van der Waals surface area contributed by atoms with Gasteiger partial charge in [-0.25, -0.2) is 9.97 Å². The minimum absolute atomic E-state index is 0.135. The number of benzene rings is 1. The van der Waals surface area contributed by atoms with Crippen molar-refractivity contribution >= 4 is 33.3 Å². The fourth-order valence-corrected chi connectivity index (χ4v) is 4.36. The van der Waals surface area contributed by atoms with Crippen molar-refractivity contribution in [3.8, 4) is 11.1 Å². The number of nitrogens with two attached hydrogens (primary N) is 1. The molecule has 1 aliphatic rings. The average Bonchev–Trinajstić information content (AvgIpc) is 3.29. The van der Waals surface area contributed by atoms with E-state index in [9.17, 15) is 4.79 Å². The molecule has 3 heterocycles. The van der Waals surface area contributed by atoms with Gasteiger partial charge in [-0.3, -0.25) is 4.79 Å². The quantitative estimate of drug-likeness (QED) is 0.749. The maximum atomic E-state index is 11.6. The number of amides is 1. The van der Waals surface area contributed by atoms with E-state index in [4.69, 9.17) is 15.5 Å². The lowest BCUT2D eigenvalue weighted by Gasteiger charge is -2.19. The third-order valence-electron chi connectivity index (χ3n) is 4.71. The second kappa shape index (κ2) is 7.01. The molecule has 0 radical (unpaired) electrons. The van der Waals surface area contributed by atoms with Crippen molar-refractivity contribution in [2.45, 2.75) is 13.0 Å². The number of primary amides is 1. The van der Waals surface area contributed by atoms with Gasteiger partial charge in [-0.05, 0) is 12.0 Å². The van der Waals surface area contributed by atoms with Gasteiger partial charge in [0.05, 0.1) is 11.3 Å². The van der Waals surface area contributed by atoms with Crippen LogP contribution >= 0.6 is 11.3 Å². The highest BCUT2D eigenvalue weighted by molar-refractivity contribution is 7.17. The highest BCUT2D eigenvalue weighted by atomic mass is 32.1. The highest BCUT2D eigenvalue weighted by Crippen LogP contribution is 2.39. The maximum absolute atomic E-state index is 11.6. The summed E-state index contributed by atoms with van der Waals surface area (Å²) < 4.78 is 5.23. The van der Waals surface area contributed by atoms with Crippen LogP contribution in [0.4, 0.5) is 5.82 Å². The largest absolute Gasteiger partial charge is 0.377 e. The van der Waals surface area contributed by atoms with E-state index in [2.05, 4.69) is 27.4 Å². The monoisotopic (exact) mass is 368 g/mol. The first kappa shape index (κ1) is 16.9. The van der Waals surface area contributed by atoms with E-state index in [1.54, 1.807) is 18.4 Å². The number of thiophene rings is 1. The summed E-state index contributed by atoms with van der Waals surface area (Å²) in [5, 5.41) is 3.15. The number of fused-ring (bicyclic) bond motifs is 1. The van der Waals surface area contributed by atoms with Gasteiger partial charge < -0.3 is 15.4 Å². The molecule has 1 aromatic carbocycles. The summed E-state index contributed by atoms with van der Waals surface area (Å²) in [5.41, 5.74) is 7.76. The summed E-state index contributed by atoms with van der Waals surface area (Å²) in [7, 11) is 1.63. The molecule has 3 aromatic rings. The first-order valence-electron chi connectivity index (χ1n) is 8.54. The number of anilines is 1. The highest BCUT2D eigenvalue weighted by Gasteiger charge is 2.30. The van der Waals surface area contributed by atoms with Crippen molar-refractivity contribution in [1.82, 2.24) is 9.97 Å². The number of methoxy groups -OCH3 is 1. The van der Waals surface area contributed by atoms with Crippen LogP contribution in [-0.4, -0.2) is 36.1 Å². The number of carbonyl (C=O) groups is 1. The van der Waals surface area contributed by atoms with Gasteiger partial charge in [-0.15, -0.1) is 11.3 Å². The van der Waals surface area contributed by atoms with Crippen LogP contribution in [0, 0.1) is 5.92 Å². The number of nitrogens with zero attached hydrogens (tertiary/aromatic N) is 3. The Hall–Kier alpha value is -2.51. The van der Waals surface area contributed by atoms with E-state index >= 15 is 0 Å². The first-order valence-corrected chi connectivity index (χ1v) is 9.42. The van der Waals surface area contributed by atoms with Crippen LogP contribution in [0.2, 0.25) is 0 Å². The van der Waals surface area contributed by atoms with Gasteiger partial charge in [0.25, 0.3) is 0 Å². The molecule has 4 rings (SSSR count). The maximum Gasteiger partial charge on any atom is 0.222 e. The lowest BCUT2D eigenvalue weighted by molar-refractivity contribution is -0.121. The van der Waals surface area contributed by atoms with E-state index in [-0.39, 0.29) is 11.8 Å². The Kier molecular flexibility index (Phi) is 4.57. The van der Waals surface area contributed by atoms with Crippen LogP contribution in [0.15, 0.2) is 35.7 Å². The second-order valence-corrected chi connectivity index (χ2v) is 7.28. The van der Waals surface area contributed by atoms with Gasteiger partial charge in [0.1, 0.15) is 17.3 Å². The number of rotatable bonds is 5. The number of ether oxygens (including phenoxy) is 1. The minimum atomic E-state index is -0.247. The van der Waals surface area contributed by atoms with Gasteiger partial charge in [-0.2, -0.15) is 0 Å². The normalized spacial score (nSPS) is 17.1. The molecular formula is C19H20N4O2S. The Bertz CT molecular complexity index is 941. The molecule has 1 saturated heterocycles. The van der Waals surface area contributed by atoms with Crippen LogP contribution in [0.1, 0.15) is 12.2 Å². The molecule has 1 atom stereocenters. The Labute approximate surface area is 155 Å². The number of carbonyl (C=O) groups excluding carboxylic acids is 1. The molecule has 6 nitrogen and oxygen atoms in total. The van der Waals surface area contributed by atoms with Gasteiger partial charge in [0, 0.05) is 31.1 Å². The fraction of sp³-hybridized carbons (Fsp3) is 0.316. The first-order chi connectivity index (χ1) is 12.7. The molecular weight excluding hydrogens is 348 g/mol. The van der Waals surface area contributed by atoms with Crippen molar-refractivity contribution in [2.24, 2.45) is 11.7 Å². The van der Waals surface area contributed by atoms with Crippen LogP contribution in [0.3, 0.4) is 0 Å². The lowest BCUT2D eigenvalue weighted by Crippen LogP contribution is -2.28. The Balaban J connectivity index is 1.85. The van der Waals surface area contributed by atoms with Crippen molar-refractivity contribution in [3.05, 3.63) is 41.5 Å². The van der Waals surface area contributed by atoms with Crippen molar-refractivity contribution < 1.29 is 9.53 Å². The van der Waals surface area contributed by atoms with E-state index in [1.807, 2.05) is 18.2 Å². The van der Waals surface area contributed by atoms with Crippen LogP contribution < -0.4 is 10.6 Å². The van der Waals surface area contributed by atoms with E-state index in [1.165, 1.54) is 0 Å². The Morgan fingerprint density at radius 3 is 2.85 bits per heavy atom. The molecule has 2 aromatic heterocycles. The summed E-state index contributed by atoms with van der Waals surface area (Å²) in [6, 6.07) is 10.2. The average molecular weight is 368 g/mol. The van der Waals surface area contributed by atoms with Crippen molar-refractivity contribution in [3.63, 3.8) is 0 Å². The molecule has 26 heavy (non-hydrogen) atoms. The summed E-state index contributed by atoms with van der Waals surface area (Å²) in [4.78, 5) is 24.1. The zero-order chi connectivity index (χ0) is 18.1. The summed E-state index contributed by atoms with van der Waals surface area (Å²) in [5.74, 6) is 1.14. The second-order valence-electron chi connectivity index (χ2n) is 6.43. The number of aromatic nitrogens is 2. The Morgan fingerprint density at radius 2 is 2.15 bits per heavy atom. The predicted molar refractivity (Wildman–Crippen MR) is 103 cm³/mol. The molecule has 7 heteroatoms. The minimum Gasteiger partial charge on any atom is -0.377 e. The molecule has 134 valence electrons. The van der Waals surface area contributed by atoms with E-state index < -0.39 is 0 Å². The Morgan fingerprint density at radius 1 is 1.35 bits per heavy atom. The lowest BCUT2D eigenvalue weighted by atomic mass is 10.1. The SMILES string of the molecule is COCc1nc(N2CCC(C(N)=O)C2)c2c(-c3ccccc3)csc2n1. The predicted octanol–water partition coefficient (Wildman–Crippen LogP) is 2.82. The number of hydrogen-bond acceptors (Lipinski definition) is 6. The van der Waals surface area contributed by atoms with Crippen LogP contribution in [-0.2, 0) is 16.1 Å². The third kappa shape index (κ3) is 3.04. The molecule has 0 spiro atoms. The molecule has 0 saturated carbocycles. The van der Waals surface area contributed by atoms with Gasteiger partial charge in [-0.1, -0.05) is 30.3 Å². The van der Waals surface area contributed by atoms with Gasteiger partial charge in [0.15, 0.2) is 5.82 Å². The van der Waals surface area contributed by atoms with Crippen molar-refractivity contribution in [2.75, 3.05) is 25.1 Å². The molecule has 1 amide bonds. The topological polar surface area (TPSA) is 81.3 Å². The van der Waals surface area contributed by atoms with E-state index in [0.29, 0.717) is 19.0 Å². The summed E-state index contributed by atoms with van der Waals surface area (Å²) in [6.07, 6.45) is 0.755. The molecule has 2 N–H and O–H groups in total. The summed E-state index contributed by atoms with van der Waals surface area (Å²) in [6.45, 7) is 1.71.